The Bertz CT molecular complexity index is 276. The Morgan fingerprint density at radius 3 is 1.83 bits per heavy atom. The second-order valence-corrected chi connectivity index (χ2v) is 11.5. The van der Waals surface area contributed by atoms with E-state index in [9.17, 15) is 4.79 Å². The average Bonchev–Trinajstić information content (AvgIpc) is 2.08. The predicted molar refractivity (Wildman–Crippen MR) is 84.7 cm³/mol. The Balaban J connectivity index is 4.95. The molecule has 0 aromatic carbocycles. The van der Waals surface area contributed by atoms with Crippen LogP contribution in [0.4, 0.5) is 0 Å². The maximum atomic E-state index is 12.4. The zero-order valence-electron chi connectivity index (χ0n) is 13.5. The van der Waals surface area contributed by atoms with Crippen LogP contribution in [0.1, 0.15) is 48.5 Å². The minimum Gasteiger partial charge on any atom is -0.409 e. The first-order chi connectivity index (χ1) is 7.84. The fourth-order valence-electron chi connectivity index (χ4n) is 1.48. The summed E-state index contributed by atoms with van der Waals surface area (Å²) in [5.74, 6) is 0.231. The van der Waals surface area contributed by atoms with E-state index >= 15 is 0 Å². The van der Waals surface area contributed by atoms with E-state index in [1.54, 1.807) is 0 Å². The monoisotopic (exact) mass is 290 g/mol. The minimum atomic E-state index is -1.21. The molecule has 4 heteroatoms. The molecule has 0 saturated carbocycles. The first-order valence-corrected chi connectivity index (χ1v) is 10.3. The fourth-order valence-corrected chi connectivity index (χ4v) is 3.51. The van der Waals surface area contributed by atoms with E-state index in [1.165, 1.54) is 11.8 Å². The average molecular weight is 291 g/mol. The quantitative estimate of drug-likeness (QED) is 0.729. The van der Waals surface area contributed by atoms with Gasteiger partial charge in [0.2, 0.25) is 5.12 Å². The third kappa shape index (κ3) is 6.95. The predicted octanol–water partition coefficient (Wildman–Crippen LogP) is 4.10. The van der Waals surface area contributed by atoms with Gasteiger partial charge in [-0.2, -0.15) is 0 Å². The van der Waals surface area contributed by atoms with Crippen LogP contribution in [0.3, 0.4) is 0 Å². The first kappa shape index (κ1) is 18.2. The van der Waals surface area contributed by atoms with Gasteiger partial charge in [-0.15, -0.1) is 0 Å². The van der Waals surface area contributed by atoms with Gasteiger partial charge in [-0.05, 0) is 24.4 Å². The molecule has 0 fully saturated rings. The van der Waals surface area contributed by atoms with Gasteiger partial charge in [0.05, 0.1) is 0 Å². The lowest BCUT2D eigenvalue weighted by Crippen LogP contribution is -2.40. The Hall–Kier alpha value is 0.197. The van der Waals surface area contributed by atoms with Crippen LogP contribution < -0.4 is 0 Å². The number of thioether (sulfide) groups is 1. The van der Waals surface area contributed by atoms with Gasteiger partial charge in [-0.25, -0.2) is 0 Å². The smallest absolute Gasteiger partial charge is 0.217 e. The van der Waals surface area contributed by atoms with Crippen LogP contribution in [0.5, 0.6) is 0 Å². The molecule has 0 saturated heterocycles. The van der Waals surface area contributed by atoms with E-state index in [2.05, 4.69) is 61.6 Å². The molecule has 0 amide bonds. The highest BCUT2D eigenvalue weighted by atomic mass is 32.2. The molecule has 0 spiro atoms. The van der Waals surface area contributed by atoms with Gasteiger partial charge in [0.25, 0.3) is 0 Å². The van der Waals surface area contributed by atoms with Gasteiger partial charge >= 0.3 is 0 Å². The lowest BCUT2D eigenvalue weighted by Gasteiger charge is -2.35. The molecule has 0 aromatic rings. The Kier molecular flexibility index (Phi) is 6.65. The highest BCUT2D eigenvalue weighted by Crippen LogP contribution is 2.35. The van der Waals surface area contributed by atoms with Gasteiger partial charge < -0.3 is 4.43 Å². The molecule has 0 aliphatic rings. The Labute approximate surface area is 119 Å². The summed E-state index contributed by atoms with van der Waals surface area (Å²) in [4.78, 5) is 12.4. The lowest BCUT2D eigenvalue weighted by molar-refractivity contribution is -0.121. The van der Waals surface area contributed by atoms with Crippen molar-refractivity contribution in [2.45, 2.75) is 72.4 Å². The van der Waals surface area contributed by atoms with Crippen molar-refractivity contribution in [2.24, 2.45) is 11.3 Å². The van der Waals surface area contributed by atoms with Crippen molar-refractivity contribution in [3.05, 3.63) is 0 Å². The van der Waals surface area contributed by atoms with Crippen LogP contribution in [0.2, 0.25) is 13.1 Å². The van der Waals surface area contributed by atoms with Gasteiger partial charge in [-0.1, -0.05) is 60.2 Å². The van der Waals surface area contributed by atoms with Gasteiger partial charge in [-0.3, -0.25) is 4.79 Å². The van der Waals surface area contributed by atoms with Crippen molar-refractivity contribution in [3.8, 4) is 0 Å². The summed E-state index contributed by atoms with van der Waals surface area (Å²) < 4.78 is 5.97. The van der Waals surface area contributed by atoms with E-state index < -0.39 is 9.04 Å². The molecule has 0 heterocycles. The summed E-state index contributed by atoms with van der Waals surface area (Å²) in [6, 6.07) is 0. The molecule has 108 valence electrons. The summed E-state index contributed by atoms with van der Waals surface area (Å²) in [5, 5.41) is 0.186. The Morgan fingerprint density at radius 1 is 1.11 bits per heavy atom. The molecule has 0 radical (unpaired) electrons. The number of carbonyl (C=O) groups excluding carboxylic acids is 1. The van der Waals surface area contributed by atoms with E-state index in [-0.39, 0.29) is 27.3 Å². The molecule has 0 bridgehead atoms. The van der Waals surface area contributed by atoms with Crippen LogP contribution in [0, 0.1) is 11.3 Å². The normalized spacial score (nSPS) is 16.8. The van der Waals surface area contributed by atoms with Crippen LogP contribution in [0.15, 0.2) is 0 Å². The molecule has 18 heavy (non-hydrogen) atoms. The van der Waals surface area contributed by atoms with Gasteiger partial charge in [0.1, 0.15) is 6.10 Å². The lowest BCUT2D eigenvalue weighted by atomic mass is 9.79. The molecule has 0 N–H and O–H groups in total. The van der Waals surface area contributed by atoms with Crippen LogP contribution in [0.25, 0.3) is 0 Å². The first-order valence-electron chi connectivity index (χ1n) is 6.73. The van der Waals surface area contributed by atoms with Gasteiger partial charge in [0, 0.05) is 4.75 Å². The van der Waals surface area contributed by atoms with Crippen LogP contribution in [-0.4, -0.2) is 25.0 Å². The molecule has 2 atom stereocenters. The van der Waals surface area contributed by atoms with E-state index in [4.69, 9.17) is 4.43 Å². The minimum absolute atomic E-state index is 0.0468. The van der Waals surface area contributed by atoms with Crippen molar-refractivity contribution < 1.29 is 9.22 Å². The second-order valence-electron chi connectivity index (χ2n) is 7.29. The molecular weight excluding hydrogens is 260 g/mol. The van der Waals surface area contributed by atoms with E-state index in [1.807, 2.05) is 0 Å². The van der Waals surface area contributed by atoms with E-state index in [0.29, 0.717) is 0 Å². The summed E-state index contributed by atoms with van der Waals surface area (Å²) in [6.07, 6.45) is -0.263. The Morgan fingerprint density at radius 2 is 1.56 bits per heavy atom. The van der Waals surface area contributed by atoms with Crippen molar-refractivity contribution >= 4 is 25.9 Å². The van der Waals surface area contributed by atoms with Crippen LogP contribution in [-0.2, 0) is 9.22 Å². The molecule has 0 aliphatic heterocycles. The topological polar surface area (TPSA) is 26.3 Å². The highest BCUT2D eigenvalue weighted by Gasteiger charge is 2.36. The summed E-state index contributed by atoms with van der Waals surface area (Å²) in [7, 11) is -1.21. The van der Waals surface area contributed by atoms with Gasteiger partial charge in [0.15, 0.2) is 9.04 Å². The molecule has 0 aromatic heterocycles. The van der Waals surface area contributed by atoms with Crippen molar-refractivity contribution in [2.75, 3.05) is 0 Å². The van der Waals surface area contributed by atoms with Crippen molar-refractivity contribution in [3.63, 3.8) is 0 Å². The largest absolute Gasteiger partial charge is 0.409 e. The third-order valence-corrected chi connectivity index (χ3v) is 4.76. The second kappa shape index (κ2) is 6.57. The molecule has 0 aliphatic carbocycles. The highest BCUT2D eigenvalue weighted by molar-refractivity contribution is 8.14. The summed E-state index contributed by atoms with van der Waals surface area (Å²) >= 11 is 1.41. The summed E-state index contributed by atoms with van der Waals surface area (Å²) in [6.45, 7) is 19.1. The standard InChI is InChI=1S/C14H30O2SSi/c1-10(13(2,3)4)11(16-18(8)9)12(15)17-14(5,6)7/h10-11,18H,1-9H3. The number of carbonyl (C=O) groups is 1. The number of rotatable bonds is 4. The van der Waals surface area contributed by atoms with Crippen molar-refractivity contribution in [1.29, 1.82) is 0 Å². The third-order valence-electron chi connectivity index (χ3n) is 2.88. The number of hydrogen-bond donors (Lipinski definition) is 0. The van der Waals surface area contributed by atoms with Crippen LogP contribution >= 0.6 is 11.8 Å². The molecule has 2 nitrogen and oxygen atoms in total. The fraction of sp³-hybridized carbons (Fsp3) is 0.929. The molecular formula is C14H30O2SSi. The zero-order chi connectivity index (χ0) is 14.7. The SMILES string of the molecule is CC(C(O[SiH](C)C)C(=O)SC(C)(C)C)C(C)(C)C. The van der Waals surface area contributed by atoms with E-state index in [0.717, 1.165) is 0 Å². The van der Waals surface area contributed by atoms with Crippen molar-refractivity contribution in [1.82, 2.24) is 0 Å². The molecule has 2 unspecified atom stereocenters. The summed E-state index contributed by atoms with van der Waals surface area (Å²) in [5.41, 5.74) is 0.0854. The maximum Gasteiger partial charge on any atom is 0.217 e. The number of hydrogen-bond acceptors (Lipinski definition) is 3. The zero-order valence-corrected chi connectivity index (χ0v) is 15.4. The maximum absolute atomic E-state index is 12.4. The molecule has 0 rings (SSSR count).